The first-order valence-corrected chi connectivity index (χ1v) is 6.78. The van der Waals surface area contributed by atoms with Crippen molar-refractivity contribution in [3.63, 3.8) is 0 Å². The Balaban J connectivity index is 2.02. The molecule has 2 unspecified atom stereocenters. The smallest absolute Gasteiger partial charge is 0.0746 e. The number of likely N-dealkylation sites (N-methyl/N-ethyl adjacent to an activating group) is 1. The first kappa shape index (κ1) is 13.5. The van der Waals surface area contributed by atoms with E-state index in [1.54, 1.807) is 0 Å². The highest BCUT2D eigenvalue weighted by molar-refractivity contribution is 5.10. The maximum atomic E-state index is 10.5. The fraction of sp³-hybridized carbons (Fsp3) is 0.667. The van der Waals surface area contributed by atoms with E-state index >= 15 is 0 Å². The summed E-state index contributed by atoms with van der Waals surface area (Å²) in [5.41, 5.74) is 1.29. The van der Waals surface area contributed by atoms with Gasteiger partial charge in [-0.25, -0.2) is 0 Å². The van der Waals surface area contributed by atoms with Gasteiger partial charge in [0.1, 0.15) is 0 Å². The van der Waals surface area contributed by atoms with Crippen LogP contribution >= 0.6 is 0 Å². The van der Waals surface area contributed by atoms with Gasteiger partial charge in [-0.2, -0.15) is 0 Å². The van der Waals surface area contributed by atoms with Crippen molar-refractivity contribution < 1.29 is 5.11 Å². The first-order valence-electron chi connectivity index (χ1n) is 6.78. The fourth-order valence-electron chi connectivity index (χ4n) is 2.95. The van der Waals surface area contributed by atoms with Crippen molar-refractivity contribution >= 4 is 0 Å². The van der Waals surface area contributed by atoms with Gasteiger partial charge in [-0.05, 0) is 43.0 Å². The van der Waals surface area contributed by atoms with Crippen molar-refractivity contribution in [3.8, 4) is 0 Å². The minimum Gasteiger partial charge on any atom is -0.391 e. The molecule has 1 aromatic heterocycles. The van der Waals surface area contributed by atoms with E-state index in [1.165, 1.54) is 12.0 Å². The summed E-state index contributed by atoms with van der Waals surface area (Å²) >= 11 is 0. The molecule has 0 aliphatic heterocycles. The summed E-state index contributed by atoms with van der Waals surface area (Å²) in [5, 5.41) is 10.5. The Morgan fingerprint density at radius 1 is 1.39 bits per heavy atom. The molecule has 1 N–H and O–H groups in total. The van der Waals surface area contributed by atoms with Crippen molar-refractivity contribution in [1.82, 2.24) is 9.88 Å². The van der Waals surface area contributed by atoms with Crippen LogP contribution in [-0.4, -0.2) is 34.2 Å². The number of nitrogens with zero attached hydrogens (tertiary/aromatic N) is 2. The number of pyridine rings is 1. The Labute approximate surface area is 110 Å². The molecule has 0 spiro atoms. The van der Waals surface area contributed by atoms with Crippen LogP contribution in [0.15, 0.2) is 24.5 Å². The van der Waals surface area contributed by atoms with Crippen molar-refractivity contribution in [1.29, 1.82) is 0 Å². The molecule has 0 bridgehead atoms. The summed E-state index contributed by atoms with van der Waals surface area (Å²) in [6, 6.07) is 4.34. The Hall–Kier alpha value is -0.930. The van der Waals surface area contributed by atoms with Gasteiger partial charge in [0, 0.05) is 25.0 Å². The van der Waals surface area contributed by atoms with Crippen LogP contribution < -0.4 is 0 Å². The van der Waals surface area contributed by atoms with Gasteiger partial charge in [-0.3, -0.25) is 9.88 Å². The molecule has 2 rings (SSSR count). The molecule has 0 saturated heterocycles. The Kier molecular flexibility index (Phi) is 4.03. The number of hydrogen-bond acceptors (Lipinski definition) is 3. The molecule has 2 atom stereocenters. The lowest BCUT2D eigenvalue weighted by atomic mass is 9.72. The van der Waals surface area contributed by atoms with Crippen LogP contribution in [0, 0.1) is 5.41 Å². The summed E-state index contributed by atoms with van der Waals surface area (Å²) in [5.74, 6) is 0. The molecule has 1 saturated carbocycles. The zero-order valence-corrected chi connectivity index (χ0v) is 11.6. The molecular weight excluding hydrogens is 224 g/mol. The maximum Gasteiger partial charge on any atom is 0.0746 e. The predicted molar refractivity (Wildman–Crippen MR) is 73.1 cm³/mol. The lowest BCUT2D eigenvalue weighted by molar-refractivity contribution is -0.0524. The lowest BCUT2D eigenvalue weighted by Crippen LogP contribution is -2.50. The quantitative estimate of drug-likeness (QED) is 0.892. The molecule has 1 aliphatic carbocycles. The van der Waals surface area contributed by atoms with E-state index in [4.69, 9.17) is 0 Å². The van der Waals surface area contributed by atoms with Gasteiger partial charge in [-0.15, -0.1) is 0 Å². The van der Waals surface area contributed by atoms with Crippen LogP contribution in [0.3, 0.4) is 0 Å². The second-order valence-corrected chi connectivity index (χ2v) is 6.16. The average molecular weight is 248 g/mol. The standard InChI is InChI=1S/C15H24N2O/c1-15(2)8-4-5-13(14(15)18)17(3)11-12-6-9-16-10-7-12/h6-7,9-10,13-14,18H,4-5,8,11H2,1-3H3. The molecule has 3 heteroatoms. The van der Waals surface area contributed by atoms with Crippen LogP contribution in [0.1, 0.15) is 38.7 Å². The third kappa shape index (κ3) is 2.90. The molecule has 0 radical (unpaired) electrons. The van der Waals surface area contributed by atoms with E-state index in [0.29, 0.717) is 0 Å². The Morgan fingerprint density at radius 2 is 2.06 bits per heavy atom. The number of hydrogen-bond donors (Lipinski definition) is 1. The molecule has 1 aromatic rings. The molecular formula is C15H24N2O. The molecule has 0 aromatic carbocycles. The largest absolute Gasteiger partial charge is 0.391 e. The van der Waals surface area contributed by atoms with Gasteiger partial charge in [0.25, 0.3) is 0 Å². The number of aromatic nitrogens is 1. The zero-order valence-electron chi connectivity index (χ0n) is 11.6. The van der Waals surface area contributed by atoms with E-state index in [-0.39, 0.29) is 17.6 Å². The second kappa shape index (κ2) is 5.37. The predicted octanol–water partition coefficient (Wildman–Crippen LogP) is 2.45. The zero-order chi connectivity index (χ0) is 13.2. The highest BCUT2D eigenvalue weighted by Crippen LogP contribution is 2.37. The SMILES string of the molecule is CN(Cc1ccncc1)C1CCCC(C)(C)C1O. The Bertz CT molecular complexity index is 377. The fourth-order valence-corrected chi connectivity index (χ4v) is 2.95. The topological polar surface area (TPSA) is 36.4 Å². The summed E-state index contributed by atoms with van der Waals surface area (Å²) in [4.78, 5) is 6.31. The average Bonchev–Trinajstić information content (AvgIpc) is 2.34. The highest BCUT2D eigenvalue weighted by atomic mass is 16.3. The van der Waals surface area contributed by atoms with Gasteiger partial charge in [0.05, 0.1) is 6.10 Å². The van der Waals surface area contributed by atoms with E-state index in [0.717, 1.165) is 19.4 Å². The van der Waals surface area contributed by atoms with Crippen LogP contribution in [0.5, 0.6) is 0 Å². The Morgan fingerprint density at radius 3 is 2.72 bits per heavy atom. The molecule has 18 heavy (non-hydrogen) atoms. The monoisotopic (exact) mass is 248 g/mol. The van der Waals surface area contributed by atoms with Crippen molar-refractivity contribution in [2.75, 3.05) is 7.05 Å². The molecule has 100 valence electrons. The van der Waals surface area contributed by atoms with Gasteiger partial charge < -0.3 is 5.11 Å². The van der Waals surface area contributed by atoms with E-state index in [2.05, 4.69) is 30.8 Å². The van der Waals surface area contributed by atoms with Crippen LogP contribution in [-0.2, 0) is 6.54 Å². The van der Waals surface area contributed by atoms with Gasteiger partial charge in [-0.1, -0.05) is 20.3 Å². The van der Waals surface area contributed by atoms with Gasteiger partial charge >= 0.3 is 0 Å². The van der Waals surface area contributed by atoms with Crippen LogP contribution in [0.4, 0.5) is 0 Å². The molecule has 1 heterocycles. The summed E-state index contributed by atoms with van der Waals surface area (Å²) in [6.07, 6.45) is 6.82. The second-order valence-electron chi connectivity index (χ2n) is 6.16. The maximum absolute atomic E-state index is 10.5. The van der Waals surface area contributed by atoms with Crippen LogP contribution in [0.25, 0.3) is 0 Å². The molecule has 1 aliphatic rings. The summed E-state index contributed by atoms with van der Waals surface area (Å²) < 4.78 is 0. The highest BCUT2D eigenvalue weighted by Gasteiger charge is 2.39. The van der Waals surface area contributed by atoms with E-state index < -0.39 is 0 Å². The van der Waals surface area contributed by atoms with Crippen LogP contribution in [0.2, 0.25) is 0 Å². The minimum atomic E-state index is -0.238. The normalized spacial score (nSPS) is 27.4. The molecule has 3 nitrogen and oxygen atoms in total. The third-order valence-electron chi connectivity index (χ3n) is 4.23. The summed E-state index contributed by atoms with van der Waals surface area (Å²) in [7, 11) is 2.11. The minimum absolute atomic E-state index is 0.0371. The first-order chi connectivity index (χ1) is 8.50. The van der Waals surface area contributed by atoms with Gasteiger partial charge in [0.15, 0.2) is 0 Å². The number of aliphatic hydroxyl groups excluding tert-OH is 1. The number of aliphatic hydroxyl groups is 1. The number of rotatable bonds is 3. The molecule has 0 amide bonds. The van der Waals surface area contributed by atoms with Crippen molar-refractivity contribution in [3.05, 3.63) is 30.1 Å². The summed E-state index contributed by atoms with van der Waals surface area (Å²) in [6.45, 7) is 5.22. The van der Waals surface area contributed by atoms with Crippen molar-refractivity contribution in [2.45, 2.75) is 51.8 Å². The van der Waals surface area contributed by atoms with Crippen molar-refractivity contribution in [2.24, 2.45) is 5.41 Å². The van der Waals surface area contributed by atoms with E-state index in [1.807, 2.05) is 24.5 Å². The third-order valence-corrected chi connectivity index (χ3v) is 4.23. The lowest BCUT2D eigenvalue weighted by Gasteiger charge is -2.44. The van der Waals surface area contributed by atoms with Gasteiger partial charge in [0.2, 0.25) is 0 Å². The molecule has 1 fully saturated rings. The van der Waals surface area contributed by atoms with E-state index in [9.17, 15) is 5.11 Å².